The predicted octanol–water partition coefficient (Wildman–Crippen LogP) is 4.54. The molecule has 10 heteroatoms. The zero-order valence-electron chi connectivity index (χ0n) is 20.9. The van der Waals surface area contributed by atoms with Gasteiger partial charge in [-0.1, -0.05) is 40.9 Å². The highest BCUT2D eigenvalue weighted by molar-refractivity contribution is 6.42. The number of nitrogens with zero attached hydrogens (tertiary/aromatic N) is 3. The number of hydrogen-bond acceptors (Lipinski definition) is 3. The maximum absolute atomic E-state index is 13.5. The van der Waals surface area contributed by atoms with Crippen LogP contribution in [0.2, 0.25) is 15.1 Å². The van der Waals surface area contributed by atoms with Gasteiger partial charge in [0.2, 0.25) is 11.8 Å². The number of halogens is 3. The molecule has 37 heavy (non-hydrogen) atoms. The Bertz CT molecular complexity index is 1140. The average Bonchev–Trinajstić information content (AvgIpc) is 2.89. The van der Waals surface area contributed by atoms with Crippen LogP contribution < -0.4 is 0 Å². The van der Waals surface area contributed by atoms with Crippen molar-refractivity contribution in [2.75, 3.05) is 33.2 Å². The smallest absolute Gasteiger partial charge is 0.253 e. The number of likely N-dealkylation sites (N-methyl/N-ethyl adjacent to an activating group) is 1. The highest BCUT2D eigenvalue weighted by Gasteiger charge is 2.39. The second-order valence-corrected chi connectivity index (χ2v) is 10.9. The molecule has 200 valence electrons. The minimum atomic E-state index is -0.131. The first-order valence-electron chi connectivity index (χ1n) is 12.2. The minimum absolute atomic E-state index is 0. The third kappa shape index (κ3) is 6.58. The van der Waals surface area contributed by atoms with E-state index < -0.39 is 0 Å². The summed E-state index contributed by atoms with van der Waals surface area (Å²) in [5, 5.41) is 1.48. The second-order valence-electron chi connectivity index (χ2n) is 9.62. The van der Waals surface area contributed by atoms with E-state index in [9.17, 15) is 14.4 Å². The van der Waals surface area contributed by atoms with Crippen molar-refractivity contribution in [2.45, 2.75) is 38.1 Å². The number of amides is 3. The van der Waals surface area contributed by atoms with Gasteiger partial charge in [0.05, 0.1) is 10.0 Å². The molecule has 2 aromatic rings. The Morgan fingerprint density at radius 2 is 1.49 bits per heavy atom. The average molecular weight is 569 g/mol. The molecule has 0 bridgehead atoms. The Labute approximate surface area is 232 Å². The number of carbonyl (C=O) groups is 3. The molecular formula is C27H32Cl3N3O4. The molecule has 0 spiro atoms. The lowest BCUT2D eigenvalue weighted by Crippen LogP contribution is -2.53. The fourth-order valence-corrected chi connectivity index (χ4v) is 5.75. The third-order valence-electron chi connectivity index (χ3n) is 7.46. The van der Waals surface area contributed by atoms with Crippen molar-refractivity contribution in [3.63, 3.8) is 0 Å². The van der Waals surface area contributed by atoms with Crippen LogP contribution in [0, 0.1) is 5.92 Å². The van der Waals surface area contributed by atoms with Crippen molar-refractivity contribution in [3.05, 3.63) is 68.7 Å². The van der Waals surface area contributed by atoms with Gasteiger partial charge in [0.15, 0.2) is 0 Å². The van der Waals surface area contributed by atoms with Gasteiger partial charge in [0.25, 0.3) is 5.91 Å². The number of carbonyl (C=O) groups excluding carboxylic acids is 3. The molecule has 2 atom stereocenters. The summed E-state index contributed by atoms with van der Waals surface area (Å²) in [5.74, 6) is -0.155. The van der Waals surface area contributed by atoms with Crippen molar-refractivity contribution < 1.29 is 19.9 Å². The summed E-state index contributed by atoms with van der Waals surface area (Å²) in [7, 11) is 1.81. The van der Waals surface area contributed by atoms with E-state index in [-0.39, 0.29) is 41.1 Å². The number of rotatable bonds is 4. The molecule has 2 saturated heterocycles. The molecule has 4 rings (SSSR count). The van der Waals surface area contributed by atoms with Gasteiger partial charge >= 0.3 is 0 Å². The highest BCUT2D eigenvalue weighted by atomic mass is 35.5. The Morgan fingerprint density at radius 1 is 0.865 bits per heavy atom. The molecule has 0 saturated carbocycles. The molecule has 2 fully saturated rings. The van der Waals surface area contributed by atoms with E-state index in [1.54, 1.807) is 54.1 Å². The van der Waals surface area contributed by atoms with Crippen molar-refractivity contribution in [1.82, 2.24) is 14.7 Å². The Balaban J connectivity index is 0.00000380. The lowest BCUT2D eigenvalue weighted by atomic mass is 9.83. The predicted molar refractivity (Wildman–Crippen MR) is 146 cm³/mol. The summed E-state index contributed by atoms with van der Waals surface area (Å²) < 4.78 is 0. The van der Waals surface area contributed by atoms with E-state index in [1.807, 2.05) is 17.0 Å². The van der Waals surface area contributed by atoms with Crippen molar-refractivity contribution in [1.29, 1.82) is 0 Å². The first kappa shape index (κ1) is 29.2. The Morgan fingerprint density at radius 3 is 2.08 bits per heavy atom. The summed E-state index contributed by atoms with van der Waals surface area (Å²) in [6.07, 6.45) is 1.98. The van der Waals surface area contributed by atoms with Crippen LogP contribution in [0.15, 0.2) is 42.5 Å². The van der Waals surface area contributed by atoms with Crippen LogP contribution in [0.4, 0.5) is 0 Å². The maximum atomic E-state index is 13.5. The van der Waals surface area contributed by atoms with Crippen LogP contribution in [0.1, 0.15) is 48.0 Å². The third-order valence-corrected chi connectivity index (χ3v) is 8.45. The Hall–Kier alpha value is -2.32. The van der Waals surface area contributed by atoms with E-state index in [1.165, 1.54) is 0 Å². The topological polar surface area (TPSA) is 92.4 Å². The summed E-state index contributed by atoms with van der Waals surface area (Å²) in [6, 6.07) is 12.2. The second kappa shape index (κ2) is 12.5. The van der Waals surface area contributed by atoms with Gasteiger partial charge in [-0.2, -0.15) is 0 Å². The molecule has 2 aliphatic heterocycles. The zero-order chi connectivity index (χ0) is 26.0. The fourth-order valence-electron chi connectivity index (χ4n) is 5.32. The monoisotopic (exact) mass is 567 g/mol. The molecule has 3 amide bonds. The first-order chi connectivity index (χ1) is 17.2. The SMILES string of the molecule is CC(=O)N1CCC(C(=O)N2CC[C@@H](N(C)C(=O)c3ccc(Cl)cc3)[C@H](c3ccc(Cl)c(Cl)c3)C2)CC1.O. The van der Waals surface area contributed by atoms with E-state index >= 15 is 0 Å². The molecule has 2 N–H and O–H groups in total. The van der Waals surface area contributed by atoms with Crippen LogP contribution in [-0.2, 0) is 9.59 Å². The molecule has 2 aliphatic rings. The van der Waals surface area contributed by atoms with E-state index in [0.29, 0.717) is 66.1 Å². The van der Waals surface area contributed by atoms with Gasteiger partial charge in [-0.25, -0.2) is 0 Å². The van der Waals surface area contributed by atoms with E-state index in [0.717, 1.165) is 5.56 Å². The summed E-state index contributed by atoms with van der Waals surface area (Å²) in [6.45, 7) is 3.82. The first-order valence-corrected chi connectivity index (χ1v) is 13.3. The number of hydrogen-bond donors (Lipinski definition) is 0. The lowest BCUT2D eigenvalue weighted by molar-refractivity contribution is -0.141. The lowest BCUT2D eigenvalue weighted by Gasteiger charge is -2.44. The molecule has 2 heterocycles. The minimum Gasteiger partial charge on any atom is -0.412 e. The zero-order valence-corrected chi connectivity index (χ0v) is 23.2. The van der Waals surface area contributed by atoms with Crippen molar-refractivity contribution >= 4 is 52.5 Å². The van der Waals surface area contributed by atoms with Gasteiger partial charge in [-0.3, -0.25) is 14.4 Å². The standard InChI is InChI=1S/C27H30Cl3N3O3.H2O/c1-17(34)32-12-9-19(10-13-32)27(36)33-14-11-25(22(16-33)20-5-8-23(29)24(30)15-20)31(2)26(35)18-3-6-21(28)7-4-18;/h3-8,15,19,22,25H,9-14,16H2,1-2H3;1H2/t22-,25+;/m0./s1. The summed E-state index contributed by atoms with van der Waals surface area (Å²) >= 11 is 18.5. The van der Waals surface area contributed by atoms with Gasteiger partial charge in [0.1, 0.15) is 0 Å². The van der Waals surface area contributed by atoms with Gasteiger partial charge < -0.3 is 20.2 Å². The van der Waals surface area contributed by atoms with Crippen LogP contribution >= 0.6 is 34.8 Å². The van der Waals surface area contributed by atoms with Gasteiger partial charge in [-0.05, 0) is 61.2 Å². The molecule has 2 aromatic carbocycles. The molecule has 0 unspecified atom stereocenters. The van der Waals surface area contributed by atoms with E-state index in [4.69, 9.17) is 34.8 Å². The fraction of sp³-hybridized carbons (Fsp3) is 0.444. The number of benzene rings is 2. The van der Waals surface area contributed by atoms with Crippen LogP contribution in [-0.4, -0.2) is 77.2 Å². The number of likely N-dealkylation sites (tertiary alicyclic amines) is 2. The van der Waals surface area contributed by atoms with Crippen LogP contribution in [0.3, 0.4) is 0 Å². The van der Waals surface area contributed by atoms with E-state index in [2.05, 4.69) is 0 Å². The van der Waals surface area contributed by atoms with Gasteiger partial charge in [0, 0.05) is 68.6 Å². The summed E-state index contributed by atoms with van der Waals surface area (Å²) in [5.41, 5.74) is 1.50. The normalized spacial score (nSPS) is 20.2. The largest absolute Gasteiger partial charge is 0.412 e. The highest BCUT2D eigenvalue weighted by Crippen LogP contribution is 2.35. The number of piperidine rings is 2. The van der Waals surface area contributed by atoms with Crippen molar-refractivity contribution in [2.24, 2.45) is 5.92 Å². The van der Waals surface area contributed by atoms with Gasteiger partial charge in [-0.15, -0.1) is 0 Å². The maximum Gasteiger partial charge on any atom is 0.253 e. The van der Waals surface area contributed by atoms with Crippen LogP contribution in [0.5, 0.6) is 0 Å². The summed E-state index contributed by atoms with van der Waals surface area (Å²) in [4.78, 5) is 44.0. The van der Waals surface area contributed by atoms with Crippen molar-refractivity contribution in [3.8, 4) is 0 Å². The molecule has 0 aromatic heterocycles. The Kier molecular flexibility index (Phi) is 9.86. The molecule has 7 nitrogen and oxygen atoms in total. The quantitative estimate of drug-likeness (QED) is 0.542. The molecule has 0 aliphatic carbocycles. The molecular weight excluding hydrogens is 537 g/mol. The van der Waals surface area contributed by atoms with Crippen LogP contribution in [0.25, 0.3) is 0 Å². The molecule has 0 radical (unpaired) electrons.